The number of aliphatic hydroxyl groups excluding tert-OH is 1. The standard InChI is InChI=1S/C26H29ClN3O9P/c1-17(23(33)36-15-18-9-5-3-6-10-18)29-40(35,39-19-11-7-4-8-12-19)37-16-20-22(32)26(2,27)24(38-20)30-14-13-21(31)28-25(30)34/h3-14,17,20,22,24,32H,15-16H2,1-2H3,(H,29,35)(H,28,31,34)/t17-,20+,22+,24+,26+,40+/m0/s1. The highest BCUT2D eigenvalue weighted by Gasteiger charge is 2.54. The van der Waals surface area contributed by atoms with Gasteiger partial charge in [0, 0.05) is 12.3 Å². The predicted octanol–water partition coefficient (Wildman–Crippen LogP) is 2.72. The van der Waals surface area contributed by atoms with Crippen molar-refractivity contribution in [2.45, 2.75) is 49.8 Å². The van der Waals surface area contributed by atoms with Crippen molar-refractivity contribution in [1.29, 1.82) is 0 Å². The zero-order chi connectivity index (χ0) is 28.9. The Balaban J connectivity index is 1.48. The van der Waals surface area contributed by atoms with Gasteiger partial charge in [0.2, 0.25) is 0 Å². The molecule has 6 atom stereocenters. The average molecular weight is 594 g/mol. The van der Waals surface area contributed by atoms with E-state index in [4.69, 9.17) is 30.1 Å². The summed E-state index contributed by atoms with van der Waals surface area (Å²) in [6.45, 7) is 2.40. The topological polar surface area (TPSA) is 158 Å². The Morgan fingerprint density at radius 2 is 1.82 bits per heavy atom. The summed E-state index contributed by atoms with van der Waals surface area (Å²) in [6, 6.07) is 17.2. The van der Waals surface area contributed by atoms with Crippen LogP contribution in [-0.2, 0) is 30.0 Å². The lowest BCUT2D eigenvalue weighted by Gasteiger charge is -2.26. The van der Waals surface area contributed by atoms with Crippen LogP contribution in [0.4, 0.5) is 0 Å². The smallest absolute Gasteiger partial charge is 0.459 e. The van der Waals surface area contributed by atoms with E-state index in [1.54, 1.807) is 42.5 Å². The molecule has 2 aromatic carbocycles. The molecule has 0 aliphatic carbocycles. The molecule has 1 aliphatic rings. The monoisotopic (exact) mass is 593 g/mol. The number of esters is 1. The number of H-pyrrole nitrogens is 1. The fraction of sp³-hybridized carbons (Fsp3) is 0.346. The van der Waals surface area contributed by atoms with E-state index in [0.717, 1.165) is 16.2 Å². The van der Waals surface area contributed by atoms with Gasteiger partial charge < -0.3 is 19.1 Å². The summed E-state index contributed by atoms with van der Waals surface area (Å²) in [5.74, 6) is -0.511. The number of nitrogens with zero attached hydrogens (tertiary/aromatic N) is 1. The van der Waals surface area contributed by atoms with Gasteiger partial charge in [-0.15, -0.1) is 11.6 Å². The molecular formula is C26H29ClN3O9P. The van der Waals surface area contributed by atoms with Crippen molar-refractivity contribution >= 4 is 25.3 Å². The number of benzene rings is 2. The molecule has 1 aromatic heterocycles. The van der Waals surface area contributed by atoms with Crippen molar-refractivity contribution in [3.8, 4) is 5.75 Å². The number of aliphatic hydroxyl groups is 1. The first-order valence-electron chi connectivity index (χ1n) is 12.3. The molecule has 0 spiro atoms. The molecule has 2 heterocycles. The summed E-state index contributed by atoms with van der Waals surface area (Å²) in [6.07, 6.45) is -2.56. The molecule has 3 aromatic rings. The van der Waals surface area contributed by atoms with E-state index in [9.17, 15) is 24.1 Å². The molecule has 0 amide bonds. The van der Waals surface area contributed by atoms with Gasteiger partial charge in [-0.2, -0.15) is 5.09 Å². The van der Waals surface area contributed by atoms with Crippen molar-refractivity contribution in [2.24, 2.45) is 0 Å². The number of hydrogen-bond acceptors (Lipinski definition) is 9. The minimum absolute atomic E-state index is 0.0122. The Labute approximate surface area is 234 Å². The summed E-state index contributed by atoms with van der Waals surface area (Å²) in [5, 5.41) is 13.4. The van der Waals surface area contributed by atoms with Crippen LogP contribution in [0.2, 0.25) is 0 Å². The van der Waals surface area contributed by atoms with E-state index in [2.05, 4.69) is 10.1 Å². The number of halogens is 1. The Hall–Kier alpha value is -3.25. The van der Waals surface area contributed by atoms with Crippen LogP contribution in [0.3, 0.4) is 0 Å². The summed E-state index contributed by atoms with van der Waals surface area (Å²) >= 11 is 6.56. The van der Waals surface area contributed by atoms with Crippen molar-refractivity contribution in [3.63, 3.8) is 0 Å². The predicted molar refractivity (Wildman–Crippen MR) is 145 cm³/mol. The number of hydrogen-bond donors (Lipinski definition) is 3. The quantitative estimate of drug-likeness (QED) is 0.171. The molecule has 4 rings (SSSR count). The third kappa shape index (κ3) is 7.08. The van der Waals surface area contributed by atoms with Gasteiger partial charge in [0.1, 0.15) is 35.5 Å². The highest BCUT2D eigenvalue weighted by Crippen LogP contribution is 2.48. The number of aromatic nitrogens is 2. The van der Waals surface area contributed by atoms with Crippen LogP contribution in [-0.4, -0.2) is 50.4 Å². The number of carbonyl (C=O) groups is 1. The van der Waals surface area contributed by atoms with Crippen LogP contribution in [0, 0.1) is 0 Å². The average Bonchev–Trinajstić information content (AvgIpc) is 3.15. The zero-order valence-electron chi connectivity index (χ0n) is 21.6. The van der Waals surface area contributed by atoms with E-state index in [0.29, 0.717) is 0 Å². The second-order valence-electron chi connectivity index (χ2n) is 9.28. The first-order chi connectivity index (χ1) is 19.0. The maximum absolute atomic E-state index is 13.8. The Bertz CT molecular complexity index is 1470. The third-order valence-electron chi connectivity index (χ3n) is 6.13. The normalized spacial score (nSPS) is 24.6. The van der Waals surface area contributed by atoms with Crippen LogP contribution >= 0.6 is 19.3 Å². The number of nitrogens with one attached hydrogen (secondary N) is 2. The summed E-state index contributed by atoms with van der Waals surface area (Å²) < 4.78 is 37.2. The SMILES string of the molecule is C[C@H](N[P@@](=O)(OC[C@H]1O[C@@H](n2ccc(=O)[nH]c2=O)[C@](C)(Cl)[C@@H]1O)Oc1ccccc1)C(=O)OCc1ccccc1. The van der Waals surface area contributed by atoms with Gasteiger partial charge in [0.05, 0.1) is 6.61 Å². The minimum atomic E-state index is -4.28. The van der Waals surface area contributed by atoms with Gasteiger partial charge in [-0.05, 0) is 31.5 Å². The first-order valence-corrected chi connectivity index (χ1v) is 14.2. The summed E-state index contributed by atoms with van der Waals surface area (Å²) in [5.41, 5.74) is -0.631. The maximum atomic E-state index is 13.8. The van der Waals surface area contributed by atoms with Gasteiger partial charge >= 0.3 is 19.4 Å². The van der Waals surface area contributed by atoms with Crippen molar-refractivity contribution in [1.82, 2.24) is 14.6 Å². The highest BCUT2D eigenvalue weighted by atomic mass is 35.5. The fourth-order valence-corrected chi connectivity index (χ4v) is 5.79. The summed E-state index contributed by atoms with van der Waals surface area (Å²) in [4.78, 5) is 37.0. The number of aromatic amines is 1. The van der Waals surface area contributed by atoms with Gasteiger partial charge in [0.15, 0.2) is 6.23 Å². The van der Waals surface area contributed by atoms with E-state index in [1.807, 2.05) is 18.2 Å². The highest BCUT2D eigenvalue weighted by molar-refractivity contribution is 7.52. The summed E-state index contributed by atoms with van der Waals surface area (Å²) in [7, 11) is -4.28. The van der Waals surface area contributed by atoms with E-state index >= 15 is 0 Å². The number of para-hydroxylation sites is 1. The molecule has 1 saturated heterocycles. The number of alkyl halides is 1. The maximum Gasteiger partial charge on any atom is 0.459 e. The van der Waals surface area contributed by atoms with Gasteiger partial charge in [-0.3, -0.25) is 23.7 Å². The van der Waals surface area contributed by atoms with Crippen molar-refractivity contribution in [3.05, 3.63) is 99.3 Å². The van der Waals surface area contributed by atoms with E-state index in [-0.39, 0.29) is 12.4 Å². The van der Waals surface area contributed by atoms with Crippen LogP contribution in [0.15, 0.2) is 82.5 Å². The zero-order valence-corrected chi connectivity index (χ0v) is 23.3. The number of ether oxygens (including phenoxy) is 2. The fourth-order valence-electron chi connectivity index (χ4n) is 3.99. The largest absolute Gasteiger partial charge is 0.460 e. The van der Waals surface area contributed by atoms with Gasteiger partial charge in [-0.1, -0.05) is 48.5 Å². The van der Waals surface area contributed by atoms with Crippen LogP contribution in [0.25, 0.3) is 0 Å². The molecular weight excluding hydrogens is 565 g/mol. The van der Waals surface area contributed by atoms with E-state index < -0.39 is 60.9 Å². The lowest BCUT2D eigenvalue weighted by atomic mass is 10.0. The molecule has 1 fully saturated rings. The molecule has 3 N–H and O–H groups in total. The van der Waals surface area contributed by atoms with Crippen molar-refractivity contribution in [2.75, 3.05) is 6.61 Å². The molecule has 14 heteroatoms. The van der Waals surface area contributed by atoms with Crippen LogP contribution < -0.4 is 20.9 Å². The minimum Gasteiger partial charge on any atom is -0.460 e. The first kappa shape index (κ1) is 29.7. The lowest BCUT2D eigenvalue weighted by molar-refractivity contribution is -0.146. The Morgan fingerprint density at radius 1 is 1.18 bits per heavy atom. The van der Waals surface area contributed by atoms with Crippen molar-refractivity contribution < 1.29 is 33.0 Å². The molecule has 0 bridgehead atoms. The van der Waals surface area contributed by atoms with Gasteiger partial charge in [0.25, 0.3) is 5.56 Å². The Kier molecular flexibility index (Phi) is 9.29. The molecule has 12 nitrogen and oxygen atoms in total. The van der Waals surface area contributed by atoms with Crippen LogP contribution in [0.5, 0.6) is 5.75 Å². The lowest BCUT2D eigenvalue weighted by Crippen LogP contribution is -2.43. The number of carbonyl (C=O) groups excluding carboxylic acids is 1. The van der Waals surface area contributed by atoms with Gasteiger partial charge in [-0.25, -0.2) is 9.36 Å². The second-order valence-corrected chi connectivity index (χ2v) is 11.8. The third-order valence-corrected chi connectivity index (χ3v) is 8.18. The molecule has 1 aliphatic heterocycles. The molecule has 0 radical (unpaired) electrons. The van der Waals surface area contributed by atoms with Crippen LogP contribution in [0.1, 0.15) is 25.6 Å². The second kappa shape index (κ2) is 12.5. The molecule has 214 valence electrons. The van der Waals surface area contributed by atoms with E-state index in [1.165, 1.54) is 20.0 Å². The number of rotatable bonds is 11. The molecule has 0 unspecified atom stereocenters. The Morgan fingerprint density at radius 3 is 2.48 bits per heavy atom. The molecule has 0 saturated carbocycles. The molecule has 40 heavy (non-hydrogen) atoms.